The van der Waals surface area contributed by atoms with Crippen molar-refractivity contribution in [2.45, 2.75) is 6.42 Å². The second-order valence-electron chi connectivity index (χ2n) is 6.29. The van der Waals surface area contributed by atoms with Gasteiger partial charge in [-0.15, -0.1) is 0 Å². The van der Waals surface area contributed by atoms with Crippen molar-refractivity contribution >= 4 is 23.4 Å². The Morgan fingerprint density at radius 1 is 0.893 bits per heavy atom. The second kappa shape index (κ2) is 8.18. The summed E-state index contributed by atoms with van der Waals surface area (Å²) in [7, 11) is 0. The lowest BCUT2D eigenvalue weighted by Gasteiger charge is -2.08. The van der Waals surface area contributed by atoms with E-state index in [0.717, 1.165) is 11.1 Å². The number of nitrogen functional groups attached to an aromatic ring is 1. The van der Waals surface area contributed by atoms with Crippen LogP contribution in [0.2, 0.25) is 0 Å². The number of rotatable bonds is 6. The maximum absolute atomic E-state index is 12.5. The standard InChI is InChI=1S/C22H19N3O3/c23-21(24)17-8-4-15(5-9-17)16-6-10-18(11-7-16)22(28)25-19-3-1-2-14(12-19)13-20(26)27/h1-12H,13H2,(H3,23,24)(H,25,28)(H,26,27). The van der Waals surface area contributed by atoms with Crippen molar-refractivity contribution in [3.63, 3.8) is 0 Å². The highest BCUT2D eigenvalue weighted by molar-refractivity contribution is 6.04. The minimum absolute atomic E-state index is 0.0194. The fourth-order valence-corrected chi connectivity index (χ4v) is 2.79. The van der Waals surface area contributed by atoms with Gasteiger partial charge in [-0.2, -0.15) is 0 Å². The lowest BCUT2D eigenvalue weighted by atomic mass is 10.0. The van der Waals surface area contributed by atoms with E-state index in [-0.39, 0.29) is 18.2 Å². The Hall–Kier alpha value is -3.93. The number of anilines is 1. The minimum Gasteiger partial charge on any atom is -0.481 e. The van der Waals surface area contributed by atoms with Crippen molar-refractivity contribution in [3.05, 3.63) is 89.5 Å². The molecule has 6 nitrogen and oxygen atoms in total. The van der Waals surface area contributed by atoms with Gasteiger partial charge in [0, 0.05) is 16.8 Å². The van der Waals surface area contributed by atoms with Crippen LogP contribution in [0.3, 0.4) is 0 Å². The highest BCUT2D eigenvalue weighted by Crippen LogP contribution is 2.21. The number of aliphatic carboxylic acids is 1. The zero-order valence-electron chi connectivity index (χ0n) is 15.0. The van der Waals surface area contributed by atoms with Crippen molar-refractivity contribution in [1.82, 2.24) is 0 Å². The SMILES string of the molecule is N=C(N)c1ccc(-c2ccc(C(=O)Nc3cccc(CC(=O)O)c3)cc2)cc1. The minimum atomic E-state index is -0.921. The highest BCUT2D eigenvalue weighted by atomic mass is 16.4. The van der Waals surface area contributed by atoms with E-state index < -0.39 is 5.97 Å². The molecule has 0 fully saturated rings. The lowest BCUT2D eigenvalue weighted by molar-refractivity contribution is -0.136. The van der Waals surface area contributed by atoms with Crippen LogP contribution in [0.1, 0.15) is 21.5 Å². The smallest absolute Gasteiger partial charge is 0.307 e. The van der Waals surface area contributed by atoms with Crippen LogP contribution in [0.15, 0.2) is 72.8 Å². The molecule has 0 radical (unpaired) electrons. The summed E-state index contributed by atoms with van der Waals surface area (Å²) in [6, 6.07) is 21.2. The number of carboxylic acid groups (broad SMARTS) is 1. The van der Waals surface area contributed by atoms with E-state index in [1.165, 1.54) is 0 Å². The third-order valence-corrected chi connectivity index (χ3v) is 4.22. The quantitative estimate of drug-likeness (QED) is 0.391. The molecule has 0 saturated heterocycles. The molecule has 5 N–H and O–H groups in total. The summed E-state index contributed by atoms with van der Waals surface area (Å²) in [5, 5.41) is 19.1. The molecule has 3 rings (SSSR count). The zero-order valence-corrected chi connectivity index (χ0v) is 15.0. The molecule has 0 spiro atoms. The molecule has 3 aromatic carbocycles. The maximum atomic E-state index is 12.5. The Bertz CT molecular complexity index is 1030. The highest BCUT2D eigenvalue weighted by Gasteiger charge is 2.08. The first-order chi connectivity index (χ1) is 13.4. The van der Waals surface area contributed by atoms with Crippen LogP contribution >= 0.6 is 0 Å². The predicted octanol–water partition coefficient (Wildman–Crippen LogP) is 3.52. The van der Waals surface area contributed by atoms with E-state index in [2.05, 4.69) is 5.32 Å². The number of amidine groups is 1. The van der Waals surface area contributed by atoms with Crippen LogP contribution in [-0.4, -0.2) is 22.8 Å². The summed E-state index contributed by atoms with van der Waals surface area (Å²) in [5.74, 6) is -1.17. The molecule has 0 aliphatic carbocycles. The van der Waals surface area contributed by atoms with Gasteiger partial charge in [0.1, 0.15) is 5.84 Å². The number of hydrogen-bond donors (Lipinski definition) is 4. The van der Waals surface area contributed by atoms with E-state index in [9.17, 15) is 9.59 Å². The molecule has 0 atom stereocenters. The zero-order chi connectivity index (χ0) is 20.1. The molecule has 0 aromatic heterocycles. The largest absolute Gasteiger partial charge is 0.481 e. The Kier molecular flexibility index (Phi) is 5.50. The predicted molar refractivity (Wildman–Crippen MR) is 109 cm³/mol. The first-order valence-electron chi connectivity index (χ1n) is 8.59. The third kappa shape index (κ3) is 4.62. The number of carbonyl (C=O) groups is 2. The molecular weight excluding hydrogens is 354 g/mol. The molecule has 0 aliphatic heterocycles. The fraction of sp³-hybridized carbons (Fsp3) is 0.0455. The summed E-state index contributed by atoms with van der Waals surface area (Å²) in [4.78, 5) is 23.3. The summed E-state index contributed by atoms with van der Waals surface area (Å²) in [6.07, 6.45) is -0.0964. The van der Waals surface area contributed by atoms with E-state index in [1.807, 2.05) is 24.3 Å². The summed E-state index contributed by atoms with van der Waals surface area (Å²) in [5.41, 5.74) is 9.68. The number of nitrogens with one attached hydrogen (secondary N) is 2. The monoisotopic (exact) mass is 373 g/mol. The molecule has 0 aliphatic rings. The van der Waals surface area contributed by atoms with Crippen LogP contribution in [0.5, 0.6) is 0 Å². The molecule has 3 aromatic rings. The number of hydrogen-bond acceptors (Lipinski definition) is 3. The van der Waals surface area contributed by atoms with Crippen LogP contribution < -0.4 is 11.1 Å². The Labute approximate surface area is 162 Å². The average molecular weight is 373 g/mol. The van der Waals surface area contributed by atoms with Gasteiger partial charge in [-0.3, -0.25) is 15.0 Å². The normalized spacial score (nSPS) is 10.3. The van der Waals surface area contributed by atoms with Gasteiger partial charge in [-0.25, -0.2) is 0 Å². The van der Waals surface area contributed by atoms with Crippen molar-refractivity contribution in [2.75, 3.05) is 5.32 Å². The molecule has 140 valence electrons. The first kappa shape index (κ1) is 18.8. The average Bonchev–Trinajstić information content (AvgIpc) is 2.68. The molecule has 1 amide bonds. The van der Waals surface area contributed by atoms with Gasteiger partial charge in [0.05, 0.1) is 6.42 Å². The molecule has 0 heterocycles. The molecule has 0 saturated carbocycles. The number of amides is 1. The first-order valence-corrected chi connectivity index (χ1v) is 8.59. The van der Waals surface area contributed by atoms with E-state index in [1.54, 1.807) is 48.5 Å². The molecule has 28 heavy (non-hydrogen) atoms. The summed E-state index contributed by atoms with van der Waals surface area (Å²) >= 11 is 0. The van der Waals surface area contributed by atoms with Crippen LogP contribution in [0.25, 0.3) is 11.1 Å². The summed E-state index contributed by atoms with van der Waals surface area (Å²) < 4.78 is 0. The Balaban J connectivity index is 1.71. The Morgan fingerprint density at radius 2 is 1.46 bits per heavy atom. The molecule has 0 bridgehead atoms. The molecule has 0 unspecified atom stereocenters. The van der Waals surface area contributed by atoms with Gasteiger partial charge >= 0.3 is 5.97 Å². The van der Waals surface area contributed by atoms with Crippen molar-refractivity contribution in [2.24, 2.45) is 5.73 Å². The van der Waals surface area contributed by atoms with Gasteiger partial charge in [-0.05, 0) is 41.0 Å². The number of carboxylic acids is 1. The van der Waals surface area contributed by atoms with E-state index in [0.29, 0.717) is 22.4 Å². The van der Waals surface area contributed by atoms with E-state index >= 15 is 0 Å². The van der Waals surface area contributed by atoms with Gasteiger partial charge in [0.25, 0.3) is 5.91 Å². The van der Waals surface area contributed by atoms with Gasteiger partial charge in [0.15, 0.2) is 0 Å². The molecular formula is C22H19N3O3. The number of carbonyl (C=O) groups excluding carboxylic acids is 1. The van der Waals surface area contributed by atoms with Gasteiger partial charge < -0.3 is 16.2 Å². The Morgan fingerprint density at radius 3 is 2.00 bits per heavy atom. The van der Waals surface area contributed by atoms with Gasteiger partial charge in [0.2, 0.25) is 0 Å². The van der Waals surface area contributed by atoms with Crippen molar-refractivity contribution in [1.29, 1.82) is 5.41 Å². The van der Waals surface area contributed by atoms with Crippen LogP contribution in [0, 0.1) is 5.41 Å². The third-order valence-electron chi connectivity index (χ3n) is 4.22. The summed E-state index contributed by atoms with van der Waals surface area (Å²) in [6.45, 7) is 0. The van der Waals surface area contributed by atoms with Gasteiger partial charge in [-0.1, -0.05) is 48.5 Å². The van der Waals surface area contributed by atoms with Crippen LogP contribution in [0.4, 0.5) is 5.69 Å². The number of nitrogens with two attached hydrogens (primary N) is 1. The maximum Gasteiger partial charge on any atom is 0.307 e. The van der Waals surface area contributed by atoms with Crippen molar-refractivity contribution < 1.29 is 14.7 Å². The topological polar surface area (TPSA) is 116 Å². The fourth-order valence-electron chi connectivity index (χ4n) is 2.79. The van der Waals surface area contributed by atoms with Crippen LogP contribution in [-0.2, 0) is 11.2 Å². The lowest BCUT2D eigenvalue weighted by Crippen LogP contribution is -2.12. The van der Waals surface area contributed by atoms with Crippen molar-refractivity contribution in [3.8, 4) is 11.1 Å². The van der Waals surface area contributed by atoms with E-state index in [4.69, 9.17) is 16.2 Å². The number of benzene rings is 3. The second-order valence-corrected chi connectivity index (χ2v) is 6.29. The molecule has 6 heteroatoms.